The number of halogens is 1. The van der Waals surface area contributed by atoms with Crippen molar-refractivity contribution < 1.29 is 9.53 Å². The van der Waals surface area contributed by atoms with Crippen LogP contribution in [0.3, 0.4) is 0 Å². The third-order valence-corrected chi connectivity index (χ3v) is 3.80. The number of benzene rings is 2. The largest absolute Gasteiger partial charge is 0.497 e. The minimum Gasteiger partial charge on any atom is -0.497 e. The van der Waals surface area contributed by atoms with Crippen molar-refractivity contribution in [3.05, 3.63) is 57.2 Å². The molecule has 0 spiro atoms. The van der Waals surface area contributed by atoms with Crippen molar-refractivity contribution in [3.63, 3.8) is 0 Å². The molecule has 2 aromatic rings. The van der Waals surface area contributed by atoms with Gasteiger partial charge in [0.1, 0.15) is 5.75 Å². The lowest BCUT2D eigenvalue weighted by molar-refractivity contribution is -0.119. The predicted octanol–water partition coefficient (Wildman–Crippen LogP) is 3.17. The molecule has 2 rings (SSSR count). The number of nitrogens with zero attached hydrogens (tertiary/aromatic N) is 1. The Morgan fingerprint density at radius 3 is 2.87 bits per heavy atom. The first-order chi connectivity index (χ1) is 11.1. The van der Waals surface area contributed by atoms with Gasteiger partial charge in [-0.3, -0.25) is 4.79 Å². The molecule has 0 saturated carbocycles. The van der Waals surface area contributed by atoms with Crippen molar-refractivity contribution in [2.24, 2.45) is 5.10 Å². The number of hydrogen-bond donors (Lipinski definition) is 2. The molecule has 1 amide bonds. The molecule has 0 unspecified atom stereocenters. The van der Waals surface area contributed by atoms with Gasteiger partial charge in [-0.2, -0.15) is 5.10 Å². The van der Waals surface area contributed by atoms with Gasteiger partial charge < -0.3 is 10.1 Å². The lowest BCUT2D eigenvalue weighted by Gasteiger charge is -2.08. The van der Waals surface area contributed by atoms with Crippen LogP contribution in [0.1, 0.15) is 11.1 Å². The Morgan fingerprint density at radius 2 is 2.13 bits per heavy atom. The maximum absolute atomic E-state index is 11.8. The number of amides is 1. The summed E-state index contributed by atoms with van der Waals surface area (Å²) in [5.74, 6) is 0.540. The van der Waals surface area contributed by atoms with Crippen molar-refractivity contribution in [2.45, 2.75) is 6.92 Å². The third-order valence-electron chi connectivity index (χ3n) is 3.12. The van der Waals surface area contributed by atoms with Gasteiger partial charge in [-0.1, -0.05) is 12.1 Å². The Hall–Kier alpha value is -2.09. The van der Waals surface area contributed by atoms with Crippen molar-refractivity contribution in [1.29, 1.82) is 0 Å². The second-order valence-corrected chi connectivity index (χ2v) is 6.13. The van der Waals surface area contributed by atoms with Crippen molar-refractivity contribution in [2.75, 3.05) is 19.0 Å². The van der Waals surface area contributed by atoms with E-state index in [1.807, 2.05) is 43.3 Å². The lowest BCUT2D eigenvalue weighted by atomic mass is 10.2. The number of carbonyl (C=O) groups is 1. The molecule has 0 saturated heterocycles. The molecular weight excluding hydrogens is 405 g/mol. The molecule has 6 heteroatoms. The number of nitrogens with one attached hydrogen (secondary N) is 2. The molecule has 0 aliphatic heterocycles. The Bertz CT molecular complexity index is 717. The first kappa shape index (κ1) is 17.3. The number of hydrazone groups is 1. The highest BCUT2D eigenvalue weighted by Crippen LogP contribution is 2.17. The summed E-state index contributed by atoms with van der Waals surface area (Å²) in [6.45, 7) is 2.17. The number of hydrogen-bond acceptors (Lipinski definition) is 4. The topological polar surface area (TPSA) is 62.7 Å². The summed E-state index contributed by atoms with van der Waals surface area (Å²) in [4.78, 5) is 11.8. The zero-order valence-corrected chi connectivity index (χ0v) is 15.1. The van der Waals surface area contributed by atoms with E-state index >= 15 is 0 Å². The fourth-order valence-electron chi connectivity index (χ4n) is 1.94. The summed E-state index contributed by atoms with van der Waals surface area (Å²) in [6, 6.07) is 13.4. The fourth-order valence-corrected chi connectivity index (χ4v) is 2.59. The lowest BCUT2D eigenvalue weighted by Crippen LogP contribution is -2.26. The van der Waals surface area contributed by atoms with Gasteiger partial charge in [-0.05, 0) is 71.0 Å². The SMILES string of the molecule is COc1cccc(/C=N\NC(=O)CNc2ccc(I)cc2C)c1. The van der Waals surface area contributed by atoms with Gasteiger partial charge in [0, 0.05) is 9.26 Å². The molecule has 5 nitrogen and oxygen atoms in total. The highest BCUT2D eigenvalue weighted by atomic mass is 127. The van der Waals surface area contributed by atoms with Crippen LogP contribution in [0.4, 0.5) is 5.69 Å². The van der Waals surface area contributed by atoms with Crippen LogP contribution in [0.2, 0.25) is 0 Å². The zero-order valence-electron chi connectivity index (χ0n) is 13.0. The van der Waals surface area contributed by atoms with Gasteiger partial charge in [0.05, 0.1) is 19.9 Å². The molecule has 2 aromatic carbocycles. The minimum atomic E-state index is -0.206. The van der Waals surface area contributed by atoms with Gasteiger partial charge in [0.2, 0.25) is 0 Å². The summed E-state index contributed by atoms with van der Waals surface area (Å²) in [5.41, 5.74) is 5.39. The van der Waals surface area contributed by atoms with Crippen LogP contribution in [0.15, 0.2) is 47.6 Å². The maximum Gasteiger partial charge on any atom is 0.259 e. The molecule has 0 aromatic heterocycles. The highest BCUT2D eigenvalue weighted by molar-refractivity contribution is 14.1. The van der Waals surface area contributed by atoms with Gasteiger partial charge in [-0.25, -0.2) is 5.43 Å². The standard InChI is InChI=1S/C17H18IN3O2/c1-12-8-14(18)6-7-16(12)19-11-17(22)21-20-10-13-4-3-5-15(9-13)23-2/h3-10,19H,11H2,1-2H3,(H,21,22)/b20-10-. The van der Waals surface area contributed by atoms with Crippen molar-refractivity contribution >= 4 is 40.4 Å². The molecule has 120 valence electrons. The van der Waals surface area contributed by atoms with E-state index < -0.39 is 0 Å². The summed E-state index contributed by atoms with van der Waals surface area (Å²) < 4.78 is 6.29. The van der Waals surface area contributed by atoms with E-state index in [-0.39, 0.29) is 12.5 Å². The van der Waals surface area contributed by atoms with E-state index in [2.05, 4.69) is 44.5 Å². The van der Waals surface area contributed by atoms with Gasteiger partial charge in [0.15, 0.2) is 0 Å². The number of ether oxygens (including phenoxy) is 1. The van der Waals surface area contributed by atoms with Crippen LogP contribution >= 0.6 is 22.6 Å². The van der Waals surface area contributed by atoms with E-state index in [4.69, 9.17) is 4.74 Å². The quantitative estimate of drug-likeness (QED) is 0.426. The van der Waals surface area contributed by atoms with E-state index in [0.717, 1.165) is 26.1 Å². The summed E-state index contributed by atoms with van der Waals surface area (Å²) in [5, 5.41) is 7.04. The molecule has 0 bridgehead atoms. The van der Waals surface area contributed by atoms with E-state index in [1.165, 1.54) is 0 Å². The molecule has 0 aliphatic rings. The predicted molar refractivity (Wildman–Crippen MR) is 101 cm³/mol. The first-order valence-electron chi connectivity index (χ1n) is 7.04. The average molecular weight is 423 g/mol. The van der Waals surface area contributed by atoms with Crippen LogP contribution in [0.5, 0.6) is 5.75 Å². The molecular formula is C17H18IN3O2. The molecule has 0 fully saturated rings. The van der Waals surface area contributed by atoms with E-state index in [1.54, 1.807) is 13.3 Å². The Balaban J connectivity index is 1.83. The fraction of sp³-hybridized carbons (Fsp3) is 0.176. The summed E-state index contributed by atoms with van der Waals surface area (Å²) in [6.07, 6.45) is 1.58. The Labute approximate surface area is 149 Å². The van der Waals surface area contributed by atoms with Crippen LogP contribution < -0.4 is 15.5 Å². The highest BCUT2D eigenvalue weighted by Gasteiger charge is 2.02. The number of aryl methyl sites for hydroxylation is 1. The number of methoxy groups -OCH3 is 1. The third kappa shape index (κ3) is 5.55. The molecule has 0 aliphatic carbocycles. The minimum absolute atomic E-state index is 0.164. The summed E-state index contributed by atoms with van der Waals surface area (Å²) >= 11 is 2.26. The second-order valence-electron chi connectivity index (χ2n) is 4.88. The van der Waals surface area contributed by atoms with Gasteiger partial charge in [-0.15, -0.1) is 0 Å². The maximum atomic E-state index is 11.8. The smallest absolute Gasteiger partial charge is 0.259 e. The second kappa shape index (κ2) is 8.52. The van der Waals surface area contributed by atoms with Crippen LogP contribution in [0.25, 0.3) is 0 Å². The first-order valence-corrected chi connectivity index (χ1v) is 8.12. The average Bonchev–Trinajstić information content (AvgIpc) is 2.54. The van der Waals surface area contributed by atoms with Crippen molar-refractivity contribution in [3.8, 4) is 5.75 Å². The number of rotatable bonds is 6. The van der Waals surface area contributed by atoms with Crippen LogP contribution in [-0.4, -0.2) is 25.8 Å². The van der Waals surface area contributed by atoms with Crippen LogP contribution in [0, 0.1) is 10.5 Å². The number of anilines is 1. The molecule has 23 heavy (non-hydrogen) atoms. The molecule has 0 heterocycles. The van der Waals surface area contributed by atoms with Gasteiger partial charge >= 0.3 is 0 Å². The normalized spacial score (nSPS) is 10.6. The van der Waals surface area contributed by atoms with E-state index in [9.17, 15) is 4.79 Å². The molecule has 0 radical (unpaired) electrons. The number of carbonyl (C=O) groups excluding carboxylic acids is 1. The van der Waals surface area contributed by atoms with Crippen LogP contribution in [-0.2, 0) is 4.79 Å². The Morgan fingerprint density at radius 1 is 1.30 bits per heavy atom. The Kier molecular flexibility index (Phi) is 6.40. The van der Waals surface area contributed by atoms with E-state index in [0.29, 0.717) is 0 Å². The van der Waals surface area contributed by atoms with Crippen molar-refractivity contribution in [1.82, 2.24) is 5.43 Å². The monoisotopic (exact) mass is 423 g/mol. The molecule has 0 atom stereocenters. The van der Waals surface area contributed by atoms with Gasteiger partial charge in [0.25, 0.3) is 5.91 Å². The zero-order chi connectivity index (χ0) is 16.7. The summed E-state index contributed by atoms with van der Waals surface area (Å²) in [7, 11) is 1.61. The molecule has 2 N–H and O–H groups in total.